The van der Waals surface area contributed by atoms with Crippen molar-refractivity contribution in [3.63, 3.8) is 0 Å². The first-order chi connectivity index (χ1) is 9.47. The Hall–Kier alpha value is -0.160. The summed E-state index contributed by atoms with van der Waals surface area (Å²) in [5, 5.41) is 13.4. The molecule has 4 nitrogen and oxygen atoms in total. The van der Waals surface area contributed by atoms with E-state index >= 15 is 0 Å². The van der Waals surface area contributed by atoms with Gasteiger partial charge in [-0.15, -0.1) is 0 Å². The Morgan fingerprint density at radius 3 is 2.55 bits per heavy atom. The van der Waals surface area contributed by atoms with Gasteiger partial charge in [-0.1, -0.05) is 6.92 Å². The maximum atomic E-state index is 9.75. The van der Waals surface area contributed by atoms with Crippen molar-refractivity contribution in [1.29, 1.82) is 0 Å². The van der Waals surface area contributed by atoms with Crippen molar-refractivity contribution in [1.82, 2.24) is 15.1 Å². The third-order valence-electron chi connectivity index (χ3n) is 5.05. The van der Waals surface area contributed by atoms with Crippen LogP contribution in [0.5, 0.6) is 0 Å². The van der Waals surface area contributed by atoms with Gasteiger partial charge in [-0.05, 0) is 46.6 Å². The Labute approximate surface area is 124 Å². The normalized spacial score (nSPS) is 30.1. The molecule has 3 atom stereocenters. The molecular weight excluding hydrogens is 250 g/mol. The molecule has 1 aliphatic carbocycles. The largest absolute Gasteiger partial charge is 0.394 e. The van der Waals surface area contributed by atoms with E-state index in [2.05, 4.69) is 42.8 Å². The molecule has 0 aromatic carbocycles. The predicted octanol–water partition coefficient (Wildman–Crippen LogP) is 1.29. The second-order valence-corrected chi connectivity index (χ2v) is 7.16. The molecule has 0 spiro atoms. The first-order valence-corrected chi connectivity index (χ1v) is 8.34. The molecule has 1 saturated carbocycles. The summed E-state index contributed by atoms with van der Waals surface area (Å²) in [7, 11) is 0. The number of likely N-dealkylation sites (N-methyl/N-ethyl adjacent to an activating group) is 1. The monoisotopic (exact) mass is 283 g/mol. The molecule has 0 radical (unpaired) electrons. The van der Waals surface area contributed by atoms with Gasteiger partial charge < -0.3 is 10.4 Å². The highest BCUT2D eigenvalue weighted by atomic mass is 16.3. The van der Waals surface area contributed by atoms with Crippen LogP contribution in [0.3, 0.4) is 0 Å². The molecule has 118 valence electrons. The zero-order chi connectivity index (χ0) is 14.8. The summed E-state index contributed by atoms with van der Waals surface area (Å²) in [4.78, 5) is 5.15. The lowest BCUT2D eigenvalue weighted by molar-refractivity contribution is 0.0442. The Bertz CT molecular complexity index is 308. The van der Waals surface area contributed by atoms with Crippen LogP contribution < -0.4 is 5.32 Å². The Balaban J connectivity index is 1.85. The van der Waals surface area contributed by atoms with Gasteiger partial charge in [0.1, 0.15) is 0 Å². The average Bonchev–Trinajstić information content (AvgIpc) is 3.22. The second-order valence-electron chi connectivity index (χ2n) is 7.16. The van der Waals surface area contributed by atoms with Crippen LogP contribution in [0.4, 0.5) is 0 Å². The van der Waals surface area contributed by atoms with Crippen molar-refractivity contribution in [2.45, 2.75) is 70.6 Å². The minimum Gasteiger partial charge on any atom is -0.394 e. The first-order valence-electron chi connectivity index (χ1n) is 8.34. The third-order valence-corrected chi connectivity index (χ3v) is 5.05. The van der Waals surface area contributed by atoms with Crippen LogP contribution in [-0.4, -0.2) is 71.4 Å². The summed E-state index contributed by atoms with van der Waals surface area (Å²) in [5.74, 6) is 0. The molecule has 2 fully saturated rings. The van der Waals surface area contributed by atoms with Crippen molar-refractivity contribution in [2.75, 3.05) is 32.8 Å². The summed E-state index contributed by atoms with van der Waals surface area (Å²) in [6.45, 7) is 13.9. The molecule has 1 aliphatic heterocycles. The topological polar surface area (TPSA) is 38.7 Å². The van der Waals surface area contributed by atoms with Crippen LogP contribution >= 0.6 is 0 Å². The molecule has 2 aliphatic rings. The molecule has 0 aromatic rings. The molecule has 0 amide bonds. The second kappa shape index (κ2) is 6.73. The van der Waals surface area contributed by atoms with Gasteiger partial charge in [-0.2, -0.15) is 0 Å². The molecule has 20 heavy (non-hydrogen) atoms. The molecule has 1 heterocycles. The van der Waals surface area contributed by atoms with E-state index in [1.807, 2.05) is 0 Å². The number of aliphatic hydroxyl groups is 1. The zero-order valence-electron chi connectivity index (χ0n) is 13.7. The lowest BCUT2D eigenvalue weighted by Gasteiger charge is -2.44. The maximum Gasteiger partial charge on any atom is 0.0611 e. The highest BCUT2D eigenvalue weighted by molar-refractivity contribution is 4.95. The summed E-state index contributed by atoms with van der Waals surface area (Å²) >= 11 is 0. The van der Waals surface area contributed by atoms with Crippen LogP contribution in [0.1, 0.15) is 47.0 Å². The van der Waals surface area contributed by atoms with Crippen LogP contribution in [0.15, 0.2) is 0 Å². The van der Waals surface area contributed by atoms with Gasteiger partial charge >= 0.3 is 0 Å². The van der Waals surface area contributed by atoms with Crippen LogP contribution in [-0.2, 0) is 0 Å². The molecule has 2 rings (SSSR count). The summed E-state index contributed by atoms with van der Waals surface area (Å²) in [6.07, 6.45) is 3.57. The van der Waals surface area contributed by atoms with Gasteiger partial charge in [0.2, 0.25) is 0 Å². The van der Waals surface area contributed by atoms with E-state index in [0.717, 1.165) is 26.1 Å². The molecule has 4 heteroatoms. The zero-order valence-corrected chi connectivity index (χ0v) is 13.7. The van der Waals surface area contributed by atoms with Gasteiger partial charge in [0, 0.05) is 43.3 Å². The number of nitrogens with one attached hydrogen (secondary N) is 1. The van der Waals surface area contributed by atoms with Crippen LogP contribution in [0.2, 0.25) is 0 Å². The number of nitrogens with zero attached hydrogens (tertiary/aromatic N) is 2. The fourth-order valence-corrected chi connectivity index (χ4v) is 3.56. The highest BCUT2D eigenvalue weighted by Gasteiger charge is 2.35. The van der Waals surface area contributed by atoms with Crippen molar-refractivity contribution in [3.05, 3.63) is 0 Å². The standard InChI is InChI=1S/C16H33N3O/c1-5-18-8-9-19(11-14(18)3)13(2)10-16(4,12-20)17-15-6-7-15/h13-15,17,20H,5-12H2,1-4H3. The van der Waals surface area contributed by atoms with Crippen LogP contribution in [0, 0.1) is 0 Å². The Morgan fingerprint density at radius 2 is 2.05 bits per heavy atom. The molecule has 0 bridgehead atoms. The number of hydrogen-bond acceptors (Lipinski definition) is 4. The minimum atomic E-state index is -0.119. The number of rotatable bonds is 7. The fraction of sp³-hybridized carbons (Fsp3) is 1.00. The first kappa shape index (κ1) is 16.2. The highest BCUT2D eigenvalue weighted by Crippen LogP contribution is 2.26. The van der Waals surface area contributed by atoms with E-state index in [0.29, 0.717) is 18.1 Å². The number of hydrogen-bond donors (Lipinski definition) is 2. The van der Waals surface area contributed by atoms with E-state index in [-0.39, 0.29) is 12.1 Å². The SMILES string of the molecule is CCN1CCN(C(C)CC(C)(CO)NC2CC2)CC1C. The lowest BCUT2D eigenvalue weighted by atomic mass is 9.93. The van der Waals surface area contributed by atoms with Gasteiger partial charge in [-0.3, -0.25) is 9.80 Å². The summed E-state index contributed by atoms with van der Waals surface area (Å²) < 4.78 is 0. The predicted molar refractivity (Wildman–Crippen MR) is 84.0 cm³/mol. The van der Waals surface area contributed by atoms with Gasteiger partial charge in [-0.25, -0.2) is 0 Å². The van der Waals surface area contributed by atoms with E-state index in [9.17, 15) is 5.11 Å². The van der Waals surface area contributed by atoms with Crippen LogP contribution in [0.25, 0.3) is 0 Å². The van der Waals surface area contributed by atoms with Gasteiger partial charge in [0.05, 0.1) is 6.61 Å². The van der Waals surface area contributed by atoms with E-state index in [1.54, 1.807) is 0 Å². The molecule has 0 aromatic heterocycles. The molecule has 1 saturated heterocycles. The lowest BCUT2D eigenvalue weighted by Crippen LogP contribution is -2.57. The Kier molecular flexibility index (Phi) is 5.46. The van der Waals surface area contributed by atoms with Gasteiger partial charge in [0.15, 0.2) is 0 Å². The van der Waals surface area contributed by atoms with Crippen molar-refractivity contribution >= 4 is 0 Å². The van der Waals surface area contributed by atoms with Crippen molar-refractivity contribution in [3.8, 4) is 0 Å². The summed E-state index contributed by atoms with van der Waals surface area (Å²) in [6, 6.07) is 1.82. The Morgan fingerprint density at radius 1 is 1.35 bits per heavy atom. The van der Waals surface area contributed by atoms with Crippen molar-refractivity contribution in [2.24, 2.45) is 0 Å². The smallest absolute Gasteiger partial charge is 0.0611 e. The minimum absolute atomic E-state index is 0.119. The van der Waals surface area contributed by atoms with Crippen molar-refractivity contribution < 1.29 is 5.11 Å². The number of piperazine rings is 1. The maximum absolute atomic E-state index is 9.75. The van der Waals surface area contributed by atoms with E-state index in [4.69, 9.17) is 0 Å². The van der Waals surface area contributed by atoms with E-state index < -0.39 is 0 Å². The third kappa shape index (κ3) is 4.17. The summed E-state index contributed by atoms with van der Waals surface area (Å²) in [5.41, 5.74) is -0.119. The molecule has 3 unspecified atom stereocenters. The molecular formula is C16H33N3O. The molecule has 2 N–H and O–H groups in total. The average molecular weight is 283 g/mol. The van der Waals surface area contributed by atoms with E-state index in [1.165, 1.54) is 19.4 Å². The fourth-order valence-electron chi connectivity index (χ4n) is 3.56. The number of aliphatic hydroxyl groups excluding tert-OH is 1. The quantitative estimate of drug-likeness (QED) is 0.738. The van der Waals surface area contributed by atoms with Gasteiger partial charge in [0.25, 0.3) is 0 Å².